The summed E-state index contributed by atoms with van der Waals surface area (Å²) >= 11 is 0. The molecule has 0 spiro atoms. The van der Waals surface area contributed by atoms with E-state index in [0.717, 1.165) is 25.8 Å². The van der Waals surface area contributed by atoms with Crippen LogP contribution >= 0.6 is 0 Å². The summed E-state index contributed by atoms with van der Waals surface area (Å²) in [7, 11) is -5.58. The second kappa shape index (κ2) is 8.32. The third kappa shape index (κ3) is 7.12. The SMILES string of the molecule is CO[Si](C)(C)CCCCCC(=O)OC(C)C(F)(F)S(=O)(=O)O. The Morgan fingerprint density at radius 3 is 2.27 bits per heavy atom. The smallest absolute Gasteiger partial charge is 0.405 e. The molecule has 0 fully saturated rings. The van der Waals surface area contributed by atoms with Crippen molar-refractivity contribution < 1.29 is 35.7 Å². The fourth-order valence-electron chi connectivity index (χ4n) is 1.63. The lowest BCUT2D eigenvalue weighted by Crippen LogP contribution is -2.41. The number of ether oxygens (including phenoxy) is 1. The van der Waals surface area contributed by atoms with Crippen LogP contribution in [0.25, 0.3) is 0 Å². The predicted octanol–water partition coefficient (Wildman–Crippen LogP) is 2.81. The highest BCUT2D eigenvalue weighted by atomic mass is 32.2. The van der Waals surface area contributed by atoms with Crippen LogP contribution in [0.2, 0.25) is 19.1 Å². The number of hydrogen-bond donors (Lipinski definition) is 1. The van der Waals surface area contributed by atoms with Crippen molar-refractivity contribution in [3.8, 4) is 0 Å². The van der Waals surface area contributed by atoms with Crippen molar-refractivity contribution in [3.05, 3.63) is 0 Å². The minimum absolute atomic E-state index is 0.0825. The first-order valence-corrected chi connectivity index (χ1v) is 11.5. The van der Waals surface area contributed by atoms with E-state index < -0.39 is 35.8 Å². The van der Waals surface area contributed by atoms with Crippen LogP contribution in [-0.2, 0) is 24.1 Å². The van der Waals surface area contributed by atoms with Crippen LogP contribution in [0, 0.1) is 0 Å². The van der Waals surface area contributed by atoms with E-state index in [0.29, 0.717) is 6.42 Å². The highest BCUT2D eigenvalue weighted by molar-refractivity contribution is 7.86. The Hall–Kier alpha value is -0.583. The lowest BCUT2D eigenvalue weighted by molar-refractivity contribution is -0.159. The number of unbranched alkanes of at least 4 members (excludes halogenated alkanes) is 2. The summed E-state index contributed by atoms with van der Waals surface area (Å²) in [6.07, 6.45) is -0.289. The molecule has 1 atom stereocenters. The summed E-state index contributed by atoms with van der Waals surface area (Å²) in [4.78, 5) is 11.4. The van der Waals surface area contributed by atoms with E-state index in [9.17, 15) is 22.0 Å². The van der Waals surface area contributed by atoms with Gasteiger partial charge in [0.1, 0.15) is 0 Å². The molecule has 0 aliphatic rings. The highest BCUT2D eigenvalue weighted by Gasteiger charge is 2.51. The molecule has 0 rings (SSSR count). The molecule has 0 heterocycles. The van der Waals surface area contributed by atoms with Gasteiger partial charge in [-0.15, -0.1) is 0 Å². The summed E-state index contributed by atoms with van der Waals surface area (Å²) < 4.78 is 65.5. The first-order chi connectivity index (χ1) is 9.83. The van der Waals surface area contributed by atoms with E-state index in [2.05, 4.69) is 17.8 Å². The topological polar surface area (TPSA) is 89.9 Å². The number of esters is 1. The molecule has 0 aromatic rings. The van der Waals surface area contributed by atoms with Crippen molar-refractivity contribution >= 4 is 24.4 Å². The van der Waals surface area contributed by atoms with E-state index in [1.165, 1.54) is 0 Å². The fraction of sp³-hybridized carbons (Fsp3) is 0.917. The Labute approximate surface area is 131 Å². The molecule has 0 aromatic heterocycles. The van der Waals surface area contributed by atoms with E-state index in [1.807, 2.05) is 0 Å². The molecule has 1 N–H and O–H groups in total. The Morgan fingerprint density at radius 2 is 1.82 bits per heavy atom. The molecule has 6 nitrogen and oxygen atoms in total. The number of carbonyl (C=O) groups excluding carboxylic acids is 1. The predicted molar refractivity (Wildman–Crippen MR) is 79.8 cm³/mol. The van der Waals surface area contributed by atoms with Gasteiger partial charge in [-0.3, -0.25) is 9.35 Å². The Bertz CT molecular complexity index is 466. The minimum Gasteiger partial charge on any atom is -0.455 e. The monoisotopic (exact) mass is 362 g/mol. The standard InChI is InChI=1S/C12H24F2O6SSi/c1-10(12(13,14)21(16,17)18)20-11(15)8-6-5-7-9-22(3,4)19-2/h10H,5-9H2,1-4H3,(H,16,17,18). The van der Waals surface area contributed by atoms with Gasteiger partial charge in [-0.2, -0.15) is 17.2 Å². The molecular formula is C12H24F2O6SSi. The number of carbonyl (C=O) groups is 1. The van der Waals surface area contributed by atoms with E-state index in [-0.39, 0.29) is 6.42 Å². The van der Waals surface area contributed by atoms with E-state index in [1.54, 1.807) is 7.11 Å². The molecular weight excluding hydrogens is 338 g/mol. The highest BCUT2D eigenvalue weighted by Crippen LogP contribution is 2.27. The van der Waals surface area contributed by atoms with Gasteiger partial charge in [-0.1, -0.05) is 12.8 Å². The minimum atomic E-state index is -5.62. The molecule has 0 aliphatic carbocycles. The lowest BCUT2D eigenvalue weighted by Gasteiger charge is -2.21. The summed E-state index contributed by atoms with van der Waals surface area (Å²) in [5.74, 6) is -0.918. The average Bonchev–Trinajstić information content (AvgIpc) is 2.36. The maximum absolute atomic E-state index is 13.2. The summed E-state index contributed by atoms with van der Waals surface area (Å²) in [6, 6.07) is 0.926. The lowest BCUT2D eigenvalue weighted by atomic mass is 10.2. The van der Waals surface area contributed by atoms with Crippen LogP contribution in [0.1, 0.15) is 32.6 Å². The third-order valence-corrected chi connectivity index (χ3v) is 7.02. The van der Waals surface area contributed by atoms with Gasteiger partial charge in [0, 0.05) is 13.5 Å². The number of hydrogen-bond acceptors (Lipinski definition) is 5. The van der Waals surface area contributed by atoms with Crippen molar-refractivity contribution in [1.29, 1.82) is 0 Å². The van der Waals surface area contributed by atoms with Gasteiger partial charge in [0.15, 0.2) is 14.4 Å². The molecule has 0 amide bonds. The maximum Gasteiger partial charge on any atom is 0.405 e. The Morgan fingerprint density at radius 1 is 1.27 bits per heavy atom. The zero-order valence-electron chi connectivity index (χ0n) is 13.3. The Kier molecular flexibility index (Phi) is 8.10. The second-order valence-corrected chi connectivity index (χ2v) is 11.6. The van der Waals surface area contributed by atoms with Gasteiger partial charge in [-0.05, 0) is 32.5 Å². The van der Waals surface area contributed by atoms with Gasteiger partial charge in [0.05, 0.1) is 0 Å². The summed E-state index contributed by atoms with van der Waals surface area (Å²) in [6.45, 7) is 4.86. The van der Waals surface area contributed by atoms with E-state index >= 15 is 0 Å². The zero-order chi connectivity index (χ0) is 17.6. The molecule has 0 saturated heterocycles. The first kappa shape index (κ1) is 21.4. The van der Waals surface area contributed by atoms with Crippen LogP contribution in [0.3, 0.4) is 0 Å². The van der Waals surface area contributed by atoms with Gasteiger partial charge in [0.2, 0.25) is 0 Å². The van der Waals surface area contributed by atoms with E-state index in [4.69, 9.17) is 8.98 Å². The number of rotatable bonds is 10. The average molecular weight is 362 g/mol. The molecule has 0 aliphatic heterocycles. The molecule has 1 unspecified atom stereocenters. The van der Waals surface area contributed by atoms with Crippen molar-refractivity contribution in [2.24, 2.45) is 0 Å². The molecule has 0 bridgehead atoms. The van der Waals surface area contributed by atoms with Gasteiger partial charge < -0.3 is 9.16 Å². The number of halogens is 2. The molecule has 0 radical (unpaired) electrons. The zero-order valence-corrected chi connectivity index (χ0v) is 15.1. The van der Waals surface area contributed by atoms with Crippen LogP contribution in [-0.4, -0.2) is 45.7 Å². The third-order valence-electron chi connectivity index (χ3n) is 3.34. The normalized spacial score (nSPS) is 14.7. The van der Waals surface area contributed by atoms with Crippen molar-refractivity contribution in [1.82, 2.24) is 0 Å². The quantitative estimate of drug-likeness (QED) is 0.278. The summed E-state index contributed by atoms with van der Waals surface area (Å²) in [5, 5.41) is -4.52. The van der Waals surface area contributed by atoms with Crippen LogP contribution in [0.4, 0.5) is 8.78 Å². The van der Waals surface area contributed by atoms with Crippen LogP contribution in [0.5, 0.6) is 0 Å². The maximum atomic E-state index is 13.2. The molecule has 22 heavy (non-hydrogen) atoms. The fourth-order valence-corrected chi connectivity index (χ4v) is 3.41. The van der Waals surface area contributed by atoms with Crippen molar-refractivity contribution in [2.75, 3.05) is 7.11 Å². The largest absolute Gasteiger partial charge is 0.455 e. The summed E-state index contributed by atoms with van der Waals surface area (Å²) in [5.41, 5.74) is 0. The number of alkyl halides is 2. The van der Waals surface area contributed by atoms with Gasteiger partial charge in [-0.25, -0.2) is 0 Å². The van der Waals surface area contributed by atoms with Crippen LogP contribution in [0.15, 0.2) is 0 Å². The van der Waals surface area contributed by atoms with Crippen LogP contribution < -0.4 is 0 Å². The first-order valence-electron chi connectivity index (χ1n) is 6.93. The van der Waals surface area contributed by atoms with Crippen molar-refractivity contribution in [3.63, 3.8) is 0 Å². The van der Waals surface area contributed by atoms with Gasteiger partial charge >= 0.3 is 21.3 Å². The second-order valence-electron chi connectivity index (χ2n) is 5.69. The molecule has 0 saturated carbocycles. The molecule has 132 valence electrons. The molecule has 0 aromatic carbocycles. The van der Waals surface area contributed by atoms with Crippen molar-refractivity contribution in [2.45, 2.75) is 63.1 Å². The van der Waals surface area contributed by atoms with Gasteiger partial charge in [0.25, 0.3) is 0 Å². The Balaban J connectivity index is 4.11. The molecule has 10 heteroatoms.